The van der Waals surface area contributed by atoms with Crippen molar-refractivity contribution >= 4 is 25.7 Å². The smallest absolute Gasteiger partial charge is 0.412 e. The number of nitrogens with one attached hydrogen (secondary N) is 2. The molecule has 0 aliphatic carbocycles. The molecule has 8 nitrogen and oxygen atoms in total. The van der Waals surface area contributed by atoms with Crippen molar-refractivity contribution in [2.75, 3.05) is 19.7 Å². The zero-order valence-corrected chi connectivity index (χ0v) is 21.1. The van der Waals surface area contributed by atoms with Crippen LogP contribution in [0.1, 0.15) is 63.6 Å². The molecule has 33 heavy (non-hydrogen) atoms. The lowest BCUT2D eigenvalue weighted by atomic mass is 10.0. The van der Waals surface area contributed by atoms with Gasteiger partial charge < -0.3 is 24.8 Å². The van der Waals surface area contributed by atoms with Gasteiger partial charge in [-0.2, -0.15) is 0 Å². The van der Waals surface area contributed by atoms with Crippen LogP contribution in [0.4, 0.5) is 9.59 Å². The molecule has 0 unspecified atom stereocenters. The van der Waals surface area contributed by atoms with E-state index in [9.17, 15) is 14.4 Å². The van der Waals surface area contributed by atoms with Crippen LogP contribution in [-0.4, -0.2) is 51.0 Å². The molecule has 184 valence electrons. The number of carbonyl (C=O) groups is 3. The van der Waals surface area contributed by atoms with Gasteiger partial charge in [-0.3, -0.25) is 9.59 Å². The number of ether oxygens (including phenoxy) is 3. The highest BCUT2D eigenvalue weighted by Gasteiger charge is 2.18. The highest BCUT2D eigenvalue weighted by Crippen LogP contribution is 2.25. The fraction of sp³-hybridized carbons (Fsp3) is 0.625. The summed E-state index contributed by atoms with van der Waals surface area (Å²) in [5.74, 6) is 0.547. The molecule has 0 fully saturated rings. The van der Waals surface area contributed by atoms with Gasteiger partial charge in [0, 0.05) is 26.1 Å². The molecule has 1 aromatic carbocycles. The Morgan fingerprint density at radius 3 is 2.27 bits per heavy atom. The third-order valence-corrected chi connectivity index (χ3v) is 5.02. The van der Waals surface area contributed by atoms with E-state index < -0.39 is 6.09 Å². The fourth-order valence-electron chi connectivity index (χ4n) is 3.11. The van der Waals surface area contributed by atoms with Crippen LogP contribution < -0.4 is 15.4 Å². The monoisotopic (exact) mass is 462 g/mol. The van der Waals surface area contributed by atoms with Crippen molar-refractivity contribution in [1.29, 1.82) is 0 Å². The lowest BCUT2D eigenvalue weighted by Crippen LogP contribution is -2.35. The van der Waals surface area contributed by atoms with Gasteiger partial charge in [0.25, 0.3) is 0 Å². The van der Waals surface area contributed by atoms with Gasteiger partial charge in [0.1, 0.15) is 12.4 Å². The van der Waals surface area contributed by atoms with E-state index >= 15 is 0 Å². The Kier molecular flexibility index (Phi) is 12.0. The molecule has 0 aliphatic rings. The van der Waals surface area contributed by atoms with Crippen molar-refractivity contribution in [3.05, 3.63) is 28.8 Å². The summed E-state index contributed by atoms with van der Waals surface area (Å²) in [5.41, 5.74) is 2.03. The first kappa shape index (κ1) is 28.5. The van der Waals surface area contributed by atoms with E-state index in [1.807, 2.05) is 27.7 Å². The van der Waals surface area contributed by atoms with Gasteiger partial charge in [0.2, 0.25) is 19.6 Å². The van der Waals surface area contributed by atoms with Gasteiger partial charge in [0.15, 0.2) is 0 Å². The summed E-state index contributed by atoms with van der Waals surface area (Å²) in [6.45, 7) is 13.5. The minimum absolute atomic E-state index is 0.143. The Labute approximate surface area is 198 Å². The van der Waals surface area contributed by atoms with Gasteiger partial charge >= 0.3 is 6.09 Å². The van der Waals surface area contributed by atoms with Crippen LogP contribution in [0.15, 0.2) is 12.1 Å². The number of amides is 2. The highest BCUT2D eigenvalue weighted by molar-refractivity contribution is 6.55. The van der Waals surface area contributed by atoms with Crippen molar-refractivity contribution in [2.45, 2.75) is 73.0 Å². The molecular weight excluding hydrogens is 423 g/mol. The van der Waals surface area contributed by atoms with Crippen LogP contribution in [0.3, 0.4) is 0 Å². The Bertz CT molecular complexity index is 787. The first-order valence-electron chi connectivity index (χ1n) is 11.5. The van der Waals surface area contributed by atoms with E-state index in [0.717, 1.165) is 23.1 Å². The van der Waals surface area contributed by atoms with E-state index in [1.165, 1.54) is 7.85 Å². The van der Waals surface area contributed by atoms with Crippen molar-refractivity contribution in [2.24, 2.45) is 5.92 Å². The molecule has 9 heteroatoms. The predicted molar refractivity (Wildman–Crippen MR) is 130 cm³/mol. The van der Waals surface area contributed by atoms with Crippen molar-refractivity contribution in [1.82, 2.24) is 10.6 Å². The number of aryl methyl sites for hydroxylation is 2. The second-order valence-corrected chi connectivity index (χ2v) is 9.30. The van der Waals surface area contributed by atoms with Crippen LogP contribution in [0, 0.1) is 19.8 Å². The molecule has 1 aromatic rings. The summed E-state index contributed by atoms with van der Waals surface area (Å²) in [5, 5.41) is 5.46. The summed E-state index contributed by atoms with van der Waals surface area (Å²) in [6.07, 6.45) is 1.25. The van der Waals surface area contributed by atoms with Gasteiger partial charge in [-0.15, -0.1) is 0 Å². The number of hydrogen-bond acceptors (Lipinski definition) is 6. The summed E-state index contributed by atoms with van der Waals surface area (Å²) in [4.78, 5) is 35.2. The number of carbonyl (C=O) groups excluding carboxylic acids is 3. The minimum Gasteiger partial charge on any atom is -0.469 e. The second-order valence-electron chi connectivity index (χ2n) is 9.30. The van der Waals surface area contributed by atoms with Gasteiger partial charge in [-0.25, -0.2) is 4.79 Å². The molecule has 0 aromatic heterocycles. The molecule has 0 radical (unpaired) electrons. The summed E-state index contributed by atoms with van der Waals surface area (Å²) in [7, 11) is 1.35. The molecule has 2 N–H and O–H groups in total. The lowest BCUT2D eigenvalue weighted by molar-refractivity contribution is -0.121. The molecule has 0 spiro atoms. The Balaban J connectivity index is 2.35. The number of benzene rings is 1. The fourth-order valence-corrected chi connectivity index (χ4v) is 3.11. The predicted octanol–water partition coefficient (Wildman–Crippen LogP) is 3.40. The average Bonchev–Trinajstić information content (AvgIpc) is 2.68. The first-order valence-corrected chi connectivity index (χ1v) is 11.5. The Hall–Kier alpha value is -2.55. The van der Waals surface area contributed by atoms with E-state index in [4.69, 9.17) is 14.2 Å². The van der Waals surface area contributed by atoms with Crippen molar-refractivity contribution in [3.63, 3.8) is 0 Å². The summed E-state index contributed by atoms with van der Waals surface area (Å²) < 4.78 is 16.3. The SMILES string of the molecule is BC(=O)OCc1cc(C)c(OC(=O)NCCC(=O)NCCC(C)(C)OCCC(C)C)c(C)c1. The van der Waals surface area contributed by atoms with E-state index in [2.05, 4.69) is 24.5 Å². The van der Waals surface area contributed by atoms with E-state index in [0.29, 0.717) is 31.2 Å². The first-order chi connectivity index (χ1) is 15.4. The van der Waals surface area contributed by atoms with Crippen LogP contribution in [-0.2, 0) is 20.9 Å². The van der Waals surface area contributed by atoms with Crippen molar-refractivity contribution in [3.8, 4) is 5.75 Å². The molecular formula is C24H39BN2O6. The van der Waals surface area contributed by atoms with Gasteiger partial charge in [0.05, 0.1) is 5.60 Å². The van der Waals surface area contributed by atoms with E-state index in [1.54, 1.807) is 12.1 Å². The van der Waals surface area contributed by atoms with Crippen LogP contribution >= 0.6 is 0 Å². The van der Waals surface area contributed by atoms with Crippen molar-refractivity contribution < 1.29 is 28.6 Å². The van der Waals surface area contributed by atoms with Gasteiger partial charge in [-0.05, 0) is 75.3 Å². The lowest BCUT2D eigenvalue weighted by Gasteiger charge is -2.26. The standard InChI is InChI=1S/C24H39BN2O6/c1-16(2)8-12-32-24(5,6)9-11-26-20(28)7-10-27-23(30)33-21-17(3)13-19(14-18(21)4)15-31-22(25)29/h13-14,16H,7-12,15,25H2,1-6H3,(H,26,28)(H,27,30). The molecule has 0 saturated carbocycles. The maximum absolute atomic E-state index is 12.1. The third kappa shape index (κ3) is 12.3. The minimum atomic E-state index is -0.624. The molecule has 0 heterocycles. The summed E-state index contributed by atoms with van der Waals surface area (Å²) in [6, 6.07) is 3.61. The highest BCUT2D eigenvalue weighted by atomic mass is 16.6. The molecule has 0 bridgehead atoms. The van der Waals surface area contributed by atoms with Gasteiger partial charge in [-0.1, -0.05) is 13.8 Å². The van der Waals surface area contributed by atoms with Crippen LogP contribution in [0.25, 0.3) is 0 Å². The maximum Gasteiger partial charge on any atom is 0.412 e. The zero-order valence-electron chi connectivity index (χ0n) is 21.1. The molecule has 0 saturated heterocycles. The largest absolute Gasteiger partial charge is 0.469 e. The quantitative estimate of drug-likeness (QED) is 0.436. The topological polar surface area (TPSA) is 103 Å². The summed E-state index contributed by atoms with van der Waals surface area (Å²) >= 11 is 0. The molecule has 0 atom stereocenters. The third-order valence-electron chi connectivity index (χ3n) is 5.02. The van der Waals surface area contributed by atoms with Crippen LogP contribution in [0.2, 0.25) is 0 Å². The van der Waals surface area contributed by atoms with Crippen LogP contribution in [0.5, 0.6) is 5.75 Å². The normalized spacial score (nSPS) is 11.2. The zero-order chi connectivity index (χ0) is 25.0. The number of rotatable bonds is 13. The molecule has 1 rings (SSSR count). The number of hydrogen-bond donors (Lipinski definition) is 2. The average molecular weight is 462 g/mol. The molecule has 2 amide bonds. The Morgan fingerprint density at radius 2 is 1.70 bits per heavy atom. The maximum atomic E-state index is 12.1. The molecule has 0 aliphatic heterocycles. The van der Waals surface area contributed by atoms with E-state index in [-0.39, 0.29) is 36.9 Å². The second kappa shape index (κ2) is 13.9. The Morgan fingerprint density at radius 1 is 1.06 bits per heavy atom.